The number of ether oxygens (including phenoxy) is 1. The zero-order valence-electron chi connectivity index (χ0n) is 15.2. The number of hydrogen-bond donors (Lipinski definition) is 2. The highest BCUT2D eigenvalue weighted by Crippen LogP contribution is 2.17. The summed E-state index contributed by atoms with van der Waals surface area (Å²) in [6, 6.07) is 12.3. The minimum absolute atomic E-state index is 0.0724. The second kappa shape index (κ2) is 9.13. The first-order valence-electron chi connectivity index (χ1n) is 8.87. The number of nitrogens with zero attached hydrogens (tertiary/aromatic N) is 1. The average Bonchev–Trinajstić information content (AvgIpc) is 2.69. The average molecular weight is 407 g/mol. The molecule has 0 atom stereocenters. The molecule has 9 heteroatoms. The summed E-state index contributed by atoms with van der Waals surface area (Å²) in [6.45, 7) is 1.58. The molecule has 1 fully saturated rings. The molecule has 7 nitrogen and oxygen atoms in total. The molecule has 1 aliphatic heterocycles. The van der Waals surface area contributed by atoms with Gasteiger partial charge in [-0.25, -0.2) is 17.6 Å². The van der Waals surface area contributed by atoms with Crippen LogP contribution >= 0.6 is 0 Å². The Kier molecular flexibility index (Phi) is 6.61. The third-order valence-electron chi connectivity index (χ3n) is 4.38. The maximum Gasteiger partial charge on any atom is 0.319 e. The van der Waals surface area contributed by atoms with Gasteiger partial charge in [-0.1, -0.05) is 36.4 Å². The van der Waals surface area contributed by atoms with Crippen molar-refractivity contribution in [3.63, 3.8) is 0 Å². The van der Waals surface area contributed by atoms with Crippen molar-refractivity contribution in [1.82, 2.24) is 9.62 Å². The summed E-state index contributed by atoms with van der Waals surface area (Å²) < 4.78 is 45.5. The fourth-order valence-electron chi connectivity index (χ4n) is 2.89. The fourth-order valence-corrected chi connectivity index (χ4v) is 4.45. The molecule has 0 spiro atoms. The number of carbonyl (C=O) groups is 1. The van der Waals surface area contributed by atoms with Crippen molar-refractivity contribution in [2.24, 2.45) is 0 Å². The van der Waals surface area contributed by atoms with E-state index in [9.17, 15) is 17.6 Å². The van der Waals surface area contributed by atoms with Gasteiger partial charge in [0.25, 0.3) is 0 Å². The second-order valence-corrected chi connectivity index (χ2v) is 8.29. The number of morpholine rings is 1. The van der Waals surface area contributed by atoms with Crippen LogP contribution in [-0.2, 0) is 27.1 Å². The molecular formula is C19H22FN3O4S. The highest BCUT2D eigenvalue weighted by atomic mass is 32.2. The van der Waals surface area contributed by atoms with Crippen LogP contribution in [0.15, 0.2) is 48.5 Å². The summed E-state index contributed by atoms with van der Waals surface area (Å²) in [5.74, 6) is -0.686. The van der Waals surface area contributed by atoms with Crippen molar-refractivity contribution in [3.8, 4) is 0 Å². The third-order valence-corrected chi connectivity index (χ3v) is 6.21. The molecule has 0 aliphatic carbocycles. The van der Waals surface area contributed by atoms with Gasteiger partial charge in [-0.3, -0.25) is 0 Å². The molecule has 0 radical (unpaired) electrons. The number of urea groups is 1. The van der Waals surface area contributed by atoms with Crippen LogP contribution in [0.1, 0.15) is 11.1 Å². The lowest BCUT2D eigenvalue weighted by molar-refractivity contribution is 0.0729. The van der Waals surface area contributed by atoms with Crippen molar-refractivity contribution in [1.29, 1.82) is 0 Å². The van der Waals surface area contributed by atoms with E-state index in [1.54, 1.807) is 30.3 Å². The minimum Gasteiger partial charge on any atom is -0.379 e. The Morgan fingerprint density at radius 1 is 1.04 bits per heavy atom. The topological polar surface area (TPSA) is 87.7 Å². The summed E-state index contributed by atoms with van der Waals surface area (Å²) in [7, 11) is -3.48. The molecule has 150 valence electrons. The summed E-state index contributed by atoms with van der Waals surface area (Å²) in [5.41, 5.74) is 1.37. The van der Waals surface area contributed by atoms with Gasteiger partial charge in [0.1, 0.15) is 5.82 Å². The second-order valence-electron chi connectivity index (χ2n) is 6.32. The first-order valence-corrected chi connectivity index (χ1v) is 10.5. The van der Waals surface area contributed by atoms with Gasteiger partial charge in [0, 0.05) is 19.6 Å². The van der Waals surface area contributed by atoms with E-state index in [4.69, 9.17) is 4.74 Å². The first-order chi connectivity index (χ1) is 13.5. The van der Waals surface area contributed by atoms with Gasteiger partial charge < -0.3 is 15.4 Å². The Balaban J connectivity index is 1.63. The summed E-state index contributed by atoms with van der Waals surface area (Å²) in [5, 5.41) is 5.07. The van der Waals surface area contributed by atoms with Crippen LogP contribution in [0.25, 0.3) is 0 Å². The van der Waals surface area contributed by atoms with Gasteiger partial charge in [0.2, 0.25) is 10.0 Å². The maximum atomic E-state index is 13.6. The Hall–Kier alpha value is -2.49. The van der Waals surface area contributed by atoms with Crippen LogP contribution in [0.4, 0.5) is 14.9 Å². The van der Waals surface area contributed by atoms with Crippen LogP contribution in [0, 0.1) is 5.82 Å². The van der Waals surface area contributed by atoms with Crippen LogP contribution in [0.3, 0.4) is 0 Å². The summed E-state index contributed by atoms with van der Waals surface area (Å²) in [6.07, 6.45) is 0. The van der Waals surface area contributed by atoms with Crippen LogP contribution < -0.4 is 10.6 Å². The highest BCUT2D eigenvalue weighted by molar-refractivity contribution is 7.88. The highest BCUT2D eigenvalue weighted by Gasteiger charge is 2.25. The van der Waals surface area contributed by atoms with E-state index in [-0.39, 0.29) is 18.0 Å². The SMILES string of the molecule is O=C(NCc1ccccc1CS(=O)(=O)N1CCOCC1)Nc1ccccc1F. The van der Waals surface area contributed by atoms with E-state index in [1.807, 2.05) is 0 Å². The number of halogens is 1. The molecule has 0 unspecified atom stereocenters. The quantitative estimate of drug-likeness (QED) is 0.769. The van der Waals surface area contributed by atoms with E-state index in [1.165, 1.54) is 22.5 Å². The molecule has 1 aliphatic rings. The van der Waals surface area contributed by atoms with Crippen molar-refractivity contribution < 1.29 is 22.3 Å². The number of carbonyl (C=O) groups excluding carboxylic acids is 1. The molecule has 1 heterocycles. The predicted octanol–water partition coefficient (Wildman–Crippen LogP) is 2.31. The molecule has 2 N–H and O–H groups in total. The monoisotopic (exact) mass is 407 g/mol. The van der Waals surface area contributed by atoms with Gasteiger partial charge in [-0.2, -0.15) is 4.31 Å². The van der Waals surface area contributed by atoms with Gasteiger partial charge in [0.05, 0.1) is 24.7 Å². The lowest BCUT2D eigenvalue weighted by Gasteiger charge is -2.26. The van der Waals surface area contributed by atoms with E-state index in [0.29, 0.717) is 37.4 Å². The van der Waals surface area contributed by atoms with E-state index >= 15 is 0 Å². The molecule has 3 rings (SSSR count). The smallest absolute Gasteiger partial charge is 0.319 e. The van der Waals surface area contributed by atoms with Crippen molar-refractivity contribution in [2.45, 2.75) is 12.3 Å². The van der Waals surface area contributed by atoms with Gasteiger partial charge in [-0.15, -0.1) is 0 Å². The number of sulfonamides is 1. The zero-order chi connectivity index (χ0) is 20.0. The number of amides is 2. The first kappa shape index (κ1) is 20.2. The van der Waals surface area contributed by atoms with Crippen molar-refractivity contribution in [2.75, 3.05) is 31.6 Å². The van der Waals surface area contributed by atoms with Crippen molar-refractivity contribution >= 4 is 21.7 Å². The molecular weight excluding hydrogens is 385 g/mol. The molecule has 28 heavy (non-hydrogen) atoms. The van der Waals surface area contributed by atoms with E-state index in [0.717, 1.165) is 0 Å². The summed E-state index contributed by atoms with van der Waals surface area (Å²) in [4.78, 5) is 12.1. The Labute approximate surface area is 163 Å². The van der Waals surface area contributed by atoms with E-state index in [2.05, 4.69) is 10.6 Å². The predicted molar refractivity (Wildman–Crippen MR) is 104 cm³/mol. The number of nitrogens with one attached hydrogen (secondary N) is 2. The molecule has 0 aromatic heterocycles. The van der Waals surface area contributed by atoms with Gasteiger partial charge in [0.15, 0.2) is 0 Å². The molecule has 0 saturated carbocycles. The van der Waals surface area contributed by atoms with Gasteiger partial charge in [-0.05, 0) is 23.3 Å². The lowest BCUT2D eigenvalue weighted by atomic mass is 10.1. The fraction of sp³-hybridized carbons (Fsp3) is 0.316. The zero-order valence-corrected chi connectivity index (χ0v) is 16.0. The number of hydrogen-bond acceptors (Lipinski definition) is 4. The Bertz CT molecular complexity index is 930. The molecule has 0 bridgehead atoms. The molecule has 1 saturated heterocycles. The number of anilines is 1. The Morgan fingerprint density at radius 3 is 2.39 bits per heavy atom. The number of para-hydroxylation sites is 1. The lowest BCUT2D eigenvalue weighted by Crippen LogP contribution is -2.41. The molecule has 2 amide bonds. The largest absolute Gasteiger partial charge is 0.379 e. The van der Waals surface area contributed by atoms with Crippen LogP contribution in [0.2, 0.25) is 0 Å². The number of benzene rings is 2. The maximum absolute atomic E-state index is 13.6. The molecule has 2 aromatic carbocycles. The van der Waals surface area contributed by atoms with Crippen molar-refractivity contribution in [3.05, 3.63) is 65.5 Å². The normalized spacial score (nSPS) is 15.2. The minimum atomic E-state index is -3.48. The van der Waals surface area contributed by atoms with Crippen LogP contribution in [-0.4, -0.2) is 45.1 Å². The van der Waals surface area contributed by atoms with Crippen LogP contribution in [0.5, 0.6) is 0 Å². The summed E-state index contributed by atoms with van der Waals surface area (Å²) >= 11 is 0. The molecule has 2 aromatic rings. The third kappa shape index (κ3) is 5.28. The Morgan fingerprint density at radius 2 is 1.68 bits per heavy atom. The van der Waals surface area contributed by atoms with Gasteiger partial charge >= 0.3 is 6.03 Å². The number of rotatable bonds is 6. The standard InChI is InChI=1S/C19H22FN3O4S/c20-17-7-3-4-8-18(17)22-19(24)21-13-15-5-1-2-6-16(15)14-28(25,26)23-9-11-27-12-10-23/h1-8H,9-14H2,(H2,21,22,24). The van der Waals surface area contributed by atoms with E-state index < -0.39 is 21.9 Å².